The molecule has 104 valence electrons. The molecular weight excluding hydrogens is 266 g/mol. The lowest BCUT2D eigenvalue weighted by Gasteiger charge is -2.32. The molecule has 0 bridgehead atoms. The minimum atomic E-state index is 0. The molecule has 1 aromatic rings. The van der Waals surface area contributed by atoms with Crippen molar-refractivity contribution < 1.29 is 0 Å². The zero-order chi connectivity index (χ0) is 12.3. The first-order valence-electron chi connectivity index (χ1n) is 6.53. The minimum absolute atomic E-state index is 0. The third kappa shape index (κ3) is 4.19. The van der Waals surface area contributed by atoms with E-state index < -0.39 is 0 Å². The first-order valence-corrected chi connectivity index (χ1v) is 7.35. The zero-order valence-corrected chi connectivity index (χ0v) is 13.1. The van der Waals surface area contributed by atoms with Crippen LogP contribution in [0.25, 0.3) is 0 Å². The van der Waals surface area contributed by atoms with Gasteiger partial charge in [-0.3, -0.25) is 4.90 Å². The number of nitrogens with one attached hydrogen (secondary N) is 1. The summed E-state index contributed by atoms with van der Waals surface area (Å²) >= 11 is 1.87. The standard InChI is InChI=1S/C13H23N3S.ClH/c1-10(2)13-15-7-12(17-13)9-16-6-4-5-11(8-16)14-3;/h7,10-11,14H,4-6,8-9H2,1-3H3;1H. The maximum atomic E-state index is 4.50. The second-order valence-electron chi connectivity index (χ2n) is 5.18. The monoisotopic (exact) mass is 289 g/mol. The van der Waals surface area contributed by atoms with E-state index in [9.17, 15) is 0 Å². The number of hydrogen-bond acceptors (Lipinski definition) is 4. The van der Waals surface area contributed by atoms with E-state index in [2.05, 4.69) is 42.3 Å². The number of rotatable bonds is 4. The van der Waals surface area contributed by atoms with Crippen molar-refractivity contribution >= 4 is 23.7 Å². The predicted molar refractivity (Wildman–Crippen MR) is 80.8 cm³/mol. The Bertz CT molecular complexity index is 354. The molecule has 1 fully saturated rings. The van der Waals surface area contributed by atoms with E-state index in [1.54, 1.807) is 0 Å². The van der Waals surface area contributed by atoms with Gasteiger partial charge in [0.05, 0.1) is 5.01 Å². The van der Waals surface area contributed by atoms with Gasteiger partial charge in [0.25, 0.3) is 0 Å². The van der Waals surface area contributed by atoms with Crippen molar-refractivity contribution in [1.29, 1.82) is 0 Å². The minimum Gasteiger partial charge on any atom is -0.316 e. The van der Waals surface area contributed by atoms with Crippen molar-refractivity contribution in [2.24, 2.45) is 0 Å². The van der Waals surface area contributed by atoms with Crippen LogP contribution in [0, 0.1) is 0 Å². The number of likely N-dealkylation sites (N-methyl/N-ethyl adjacent to an activating group) is 1. The van der Waals surface area contributed by atoms with Crippen LogP contribution in [0.4, 0.5) is 0 Å². The molecule has 2 rings (SSSR count). The SMILES string of the molecule is CNC1CCCN(Cc2cnc(C(C)C)s2)C1.Cl. The van der Waals surface area contributed by atoms with Crippen molar-refractivity contribution in [1.82, 2.24) is 15.2 Å². The van der Waals surface area contributed by atoms with Gasteiger partial charge in [0.2, 0.25) is 0 Å². The normalized spacial score (nSPS) is 21.0. The van der Waals surface area contributed by atoms with Gasteiger partial charge in [0.1, 0.15) is 0 Å². The van der Waals surface area contributed by atoms with Gasteiger partial charge in [0, 0.05) is 36.1 Å². The Morgan fingerprint density at radius 1 is 1.56 bits per heavy atom. The summed E-state index contributed by atoms with van der Waals surface area (Å²) in [6.45, 7) is 7.89. The fourth-order valence-electron chi connectivity index (χ4n) is 2.32. The Balaban J connectivity index is 0.00000162. The third-order valence-corrected chi connectivity index (χ3v) is 4.64. The lowest BCUT2D eigenvalue weighted by atomic mass is 10.1. The van der Waals surface area contributed by atoms with Crippen molar-refractivity contribution in [3.05, 3.63) is 16.1 Å². The van der Waals surface area contributed by atoms with E-state index in [4.69, 9.17) is 0 Å². The lowest BCUT2D eigenvalue weighted by molar-refractivity contribution is 0.189. The number of nitrogens with zero attached hydrogens (tertiary/aromatic N) is 2. The largest absolute Gasteiger partial charge is 0.316 e. The number of halogens is 1. The molecule has 0 saturated carbocycles. The summed E-state index contributed by atoms with van der Waals surface area (Å²) in [4.78, 5) is 8.45. The third-order valence-electron chi connectivity index (χ3n) is 3.36. The lowest BCUT2D eigenvalue weighted by Crippen LogP contribution is -2.43. The molecule has 1 saturated heterocycles. The van der Waals surface area contributed by atoms with Gasteiger partial charge in [-0.1, -0.05) is 13.8 Å². The Morgan fingerprint density at radius 3 is 2.94 bits per heavy atom. The van der Waals surface area contributed by atoms with E-state index in [-0.39, 0.29) is 12.4 Å². The molecule has 18 heavy (non-hydrogen) atoms. The van der Waals surface area contributed by atoms with Crippen LogP contribution >= 0.6 is 23.7 Å². The van der Waals surface area contributed by atoms with Crippen LogP contribution in [0.1, 0.15) is 42.5 Å². The molecule has 2 heterocycles. The number of likely N-dealkylation sites (tertiary alicyclic amines) is 1. The summed E-state index contributed by atoms with van der Waals surface area (Å²) in [5.41, 5.74) is 0. The highest BCUT2D eigenvalue weighted by Crippen LogP contribution is 2.23. The quantitative estimate of drug-likeness (QED) is 0.924. The van der Waals surface area contributed by atoms with Crippen LogP contribution in [0.5, 0.6) is 0 Å². The Kier molecular flexibility index (Phi) is 6.57. The second-order valence-corrected chi connectivity index (χ2v) is 6.33. The summed E-state index contributed by atoms with van der Waals surface area (Å²) in [5, 5.41) is 4.66. The fraction of sp³-hybridized carbons (Fsp3) is 0.769. The average molecular weight is 290 g/mol. The highest BCUT2D eigenvalue weighted by molar-refractivity contribution is 7.11. The van der Waals surface area contributed by atoms with Crippen molar-refractivity contribution in [3.8, 4) is 0 Å². The van der Waals surface area contributed by atoms with Gasteiger partial charge in [-0.2, -0.15) is 0 Å². The summed E-state index contributed by atoms with van der Waals surface area (Å²) in [5.74, 6) is 0.556. The number of aromatic nitrogens is 1. The first kappa shape index (κ1) is 15.9. The Morgan fingerprint density at radius 2 is 2.33 bits per heavy atom. The molecule has 1 aliphatic rings. The molecule has 1 aliphatic heterocycles. The van der Waals surface area contributed by atoms with Crippen LogP contribution in [0.3, 0.4) is 0 Å². The van der Waals surface area contributed by atoms with Crippen molar-refractivity contribution in [2.45, 2.75) is 45.2 Å². The highest BCUT2D eigenvalue weighted by Gasteiger charge is 2.19. The average Bonchev–Trinajstić information content (AvgIpc) is 2.78. The molecule has 0 spiro atoms. The van der Waals surface area contributed by atoms with Crippen molar-refractivity contribution in [2.75, 3.05) is 20.1 Å². The van der Waals surface area contributed by atoms with Crippen LogP contribution < -0.4 is 5.32 Å². The molecule has 1 aromatic heterocycles. The van der Waals surface area contributed by atoms with Crippen molar-refractivity contribution in [3.63, 3.8) is 0 Å². The van der Waals surface area contributed by atoms with Crippen LogP contribution in [0.2, 0.25) is 0 Å². The molecule has 5 heteroatoms. The summed E-state index contributed by atoms with van der Waals surface area (Å²) in [6, 6.07) is 0.668. The maximum absolute atomic E-state index is 4.50. The summed E-state index contributed by atoms with van der Waals surface area (Å²) in [7, 11) is 2.07. The molecule has 0 radical (unpaired) electrons. The van der Waals surface area contributed by atoms with E-state index in [0.29, 0.717) is 12.0 Å². The number of hydrogen-bond donors (Lipinski definition) is 1. The Labute approximate surface area is 120 Å². The van der Waals surface area contributed by atoms with Crippen LogP contribution in [-0.4, -0.2) is 36.1 Å². The van der Waals surface area contributed by atoms with Gasteiger partial charge in [-0.05, 0) is 26.4 Å². The molecule has 1 unspecified atom stereocenters. The molecule has 1 N–H and O–H groups in total. The second kappa shape index (κ2) is 7.43. The van der Waals surface area contributed by atoms with Gasteiger partial charge in [-0.15, -0.1) is 23.7 Å². The first-order chi connectivity index (χ1) is 8.19. The van der Waals surface area contributed by atoms with E-state index in [1.807, 2.05) is 11.3 Å². The molecule has 0 aromatic carbocycles. The van der Waals surface area contributed by atoms with Gasteiger partial charge < -0.3 is 5.32 Å². The topological polar surface area (TPSA) is 28.2 Å². The zero-order valence-electron chi connectivity index (χ0n) is 11.5. The van der Waals surface area contributed by atoms with E-state index in [1.165, 1.54) is 35.8 Å². The van der Waals surface area contributed by atoms with Crippen LogP contribution in [0.15, 0.2) is 6.20 Å². The fourth-order valence-corrected chi connectivity index (χ4v) is 3.28. The molecule has 1 atom stereocenters. The van der Waals surface area contributed by atoms with E-state index in [0.717, 1.165) is 6.54 Å². The number of piperidine rings is 1. The van der Waals surface area contributed by atoms with E-state index >= 15 is 0 Å². The number of thiazole rings is 1. The van der Waals surface area contributed by atoms with Gasteiger partial charge >= 0.3 is 0 Å². The summed E-state index contributed by atoms with van der Waals surface area (Å²) in [6.07, 6.45) is 4.68. The molecular formula is C13H24ClN3S. The Hall–Kier alpha value is -0.160. The molecule has 0 amide bonds. The molecule has 0 aliphatic carbocycles. The van der Waals surface area contributed by atoms with Gasteiger partial charge in [0.15, 0.2) is 0 Å². The summed E-state index contributed by atoms with van der Waals surface area (Å²) < 4.78 is 0. The molecule has 3 nitrogen and oxygen atoms in total. The predicted octanol–water partition coefficient (Wildman–Crippen LogP) is 2.87. The maximum Gasteiger partial charge on any atom is 0.0953 e. The van der Waals surface area contributed by atoms with Crippen LogP contribution in [-0.2, 0) is 6.54 Å². The van der Waals surface area contributed by atoms with Gasteiger partial charge in [-0.25, -0.2) is 4.98 Å². The smallest absolute Gasteiger partial charge is 0.0953 e. The highest BCUT2D eigenvalue weighted by atomic mass is 35.5.